The minimum absolute atomic E-state index is 0.0410. The number of hydrogen-bond acceptors (Lipinski definition) is 7. The summed E-state index contributed by atoms with van der Waals surface area (Å²) >= 11 is 0. The third kappa shape index (κ3) is 4.74. The van der Waals surface area contributed by atoms with E-state index in [1.54, 1.807) is 4.90 Å². The highest BCUT2D eigenvalue weighted by atomic mass is 19.2. The van der Waals surface area contributed by atoms with Gasteiger partial charge in [-0.05, 0) is 81.3 Å². The van der Waals surface area contributed by atoms with E-state index < -0.39 is 17.5 Å². The number of phenols is 1. The number of ether oxygens (including phenoxy) is 1. The van der Waals surface area contributed by atoms with Gasteiger partial charge in [0.05, 0.1) is 11.2 Å². The third-order valence-corrected chi connectivity index (χ3v) is 9.59. The summed E-state index contributed by atoms with van der Waals surface area (Å²) in [6.07, 6.45) is 8.12. The smallest absolute Gasteiger partial charge is 0.317 e. The molecule has 0 saturated carbocycles. The molecule has 0 unspecified atom stereocenters. The number of halogens is 3. The van der Waals surface area contributed by atoms with Gasteiger partial charge in [0.25, 0.3) is 0 Å². The molecule has 0 spiro atoms. The van der Waals surface area contributed by atoms with Crippen LogP contribution >= 0.6 is 0 Å². The lowest BCUT2D eigenvalue weighted by atomic mass is 9.91. The van der Waals surface area contributed by atoms with Crippen molar-refractivity contribution in [2.24, 2.45) is 0 Å². The van der Waals surface area contributed by atoms with E-state index >= 15 is 8.78 Å². The van der Waals surface area contributed by atoms with E-state index in [-0.39, 0.29) is 56.7 Å². The van der Waals surface area contributed by atoms with Crippen molar-refractivity contribution < 1.29 is 27.8 Å². The normalized spacial score (nSPS) is 18.7. The Morgan fingerprint density at radius 3 is 2.55 bits per heavy atom. The number of amides is 1. The minimum atomic E-state index is -1.16. The lowest BCUT2D eigenvalue weighted by Gasteiger charge is -2.32. The van der Waals surface area contributed by atoms with Crippen LogP contribution in [0.2, 0.25) is 0 Å². The number of aromatic nitrogens is 3. The summed E-state index contributed by atoms with van der Waals surface area (Å²) in [5.41, 5.74) is 0.0562. The standard InChI is InChI=1S/C33H32F3N5O3/c1-2-25(43)40-13-7-19(8-14-40)29-23-17-37-30(22-16-21(42)15-20-5-6-24(34)27(35)26(20)22)28(36)31(23)39-32(38-29)44-18-33-9-3-11-41(33)12-4-10-33/h2,5-6,15-17,19,42H,1,3-4,7-14,18H2. The highest BCUT2D eigenvalue weighted by molar-refractivity contribution is 5.99. The van der Waals surface area contributed by atoms with Crippen molar-refractivity contribution in [2.45, 2.75) is 50.0 Å². The molecule has 3 fully saturated rings. The molecule has 3 saturated heterocycles. The number of phenolic OH excluding ortho intramolecular Hbond substituents is 1. The first kappa shape index (κ1) is 28.5. The molecular formula is C33H32F3N5O3. The van der Waals surface area contributed by atoms with Crippen LogP contribution in [0.25, 0.3) is 32.9 Å². The number of rotatable bonds is 6. The number of hydrogen-bond donors (Lipinski definition) is 1. The van der Waals surface area contributed by atoms with Crippen LogP contribution in [0, 0.1) is 17.5 Å². The highest BCUT2D eigenvalue weighted by Crippen LogP contribution is 2.41. The summed E-state index contributed by atoms with van der Waals surface area (Å²) in [5.74, 6) is -3.62. The van der Waals surface area contributed by atoms with E-state index in [9.17, 15) is 14.3 Å². The Morgan fingerprint density at radius 2 is 1.82 bits per heavy atom. The third-order valence-electron chi connectivity index (χ3n) is 9.59. The van der Waals surface area contributed by atoms with E-state index in [1.807, 2.05) is 0 Å². The molecule has 8 nitrogen and oxygen atoms in total. The Balaban J connectivity index is 1.34. The first-order valence-corrected chi connectivity index (χ1v) is 15.0. The van der Waals surface area contributed by atoms with Crippen molar-refractivity contribution in [2.75, 3.05) is 32.8 Å². The van der Waals surface area contributed by atoms with E-state index in [4.69, 9.17) is 9.72 Å². The van der Waals surface area contributed by atoms with Gasteiger partial charge in [-0.15, -0.1) is 0 Å². The summed E-state index contributed by atoms with van der Waals surface area (Å²) in [7, 11) is 0. The van der Waals surface area contributed by atoms with Crippen molar-refractivity contribution in [3.63, 3.8) is 0 Å². The second-order valence-electron chi connectivity index (χ2n) is 12.0. The molecule has 0 bridgehead atoms. The number of carbonyl (C=O) groups is 1. The molecule has 0 aliphatic carbocycles. The van der Waals surface area contributed by atoms with Gasteiger partial charge in [0, 0.05) is 41.5 Å². The van der Waals surface area contributed by atoms with Crippen molar-refractivity contribution >= 4 is 27.6 Å². The van der Waals surface area contributed by atoms with E-state index in [0.29, 0.717) is 43.6 Å². The fraction of sp³-hybridized carbons (Fsp3) is 0.394. The maximum absolute atomic E-state index is 16.6. The number of benzene rings is 2. The van der Waals surface area contributed by atoms with Gasteiger partial charge in [-0.25, -0.2) is 13.2 Å². The fourth-order valence-electron chi connectivity index (χ4n) is 7.35. The molecule has 5 heterocycles. The van der Waals surface area contributed by atoms with Crippen LogP contribution in [0.4, 0.5) is 13.2 Å². The predicted molar refractivity (Wildman–Crippen MR) is 159 cm³/mol. The molecule has 4 aromatic rings. The van der Waals surface area contributed by atoms with Gasteiger partial charge < -0.3 is 14.7 Å². The maximum atomic E-state index is 16.6. The number of fused-ring (bicyclic) bond motifs is 3. The summed E-state index contributed by atoms with van der Waals surface area (Å²) in [6.45, 7) is 6.98. The molecule has 7 rings (SSSR count). The topological polar surface area (TPSA) is 91.7 Å². The predicted octanol–water partition coefficient (Wildman–Crippen LogP) is 5.87. The van der Waals surface area contributed by atoms with Gasteiger partial charge in [0.2, 0.25) is 5.91 Å². The molecule has 44 heavy (non-hydrogen) atoms. The second kappa shape index (κ2) is 11.0. The minimum Gasteiger partial charge on any atom is -0.508 e. The number of pyridine rings is 1. The SMILES string of the molecule is C=CC(=O)N1CCC(c2nc(OCC34CCCN3CCC4)nc3c(F)c(-c4cc(O)cc5ccc(F)c(F)c45)ncc23)CC1. The van der Waals surface area contributed by atoms with Crippen LogP contribution < -0.4 is 4.74 Å². The lowest BCUT2D eigenvalue weighted by molar-refractivity contribution is -0.127. The first-order valence-electron chi connectivity index (χ1n) is 15.0. The fourth-order valence-corrected chi connectivity index (χ4v) is 7.35. The van der Waals surface area contributed by atoms with Gasteiger partial charge in [0.15, 0.2) is 17.5 Å². The van der Waals surface area contributed by atoms with Gasteiger partial charge in [-0.2, -0.15) is 9.97 Å². The summed E-state index contributed by atoms with van der Waals surface area (Å²) in [6, 6.07) is 4.77. The van der Waals surface area contributed by atoms with E-state index in [0.717, 1.165) is 44.8 Å². The van der Waals surface area contributed by atoms with Crippen molar-refractivity contribution in [1.82, 2.24) is 24.8 Å². The Morgan fingerprint density at radius 1 is 1.07 bits per heavy atom. The van der Waals surface area contributed by atoms with E-state index in [1.165, 1.54) is 30.5 Å². The molecule has 11 heteroatoms. The Hall–Kier alpha value is -4.25. The zero-order chi connectivity index (χ0) is 30.6. The molecular weight excluding hydrogens is 571 g/mol. The highest BCUT2D eigenvalue weighted by Gasteiger charge is 2.45. The summed E-state index contributed by atoms with van der Waals surface area (Å²) in [4.78, 5) is 30.0. The summed E-state index contributed by atoms with van der Waals surface area (Å²) < 4.78 is 52.2. The van der Waals surface area contributed by atoms with Gasteiger partial charge in [0.1, 0.15) is 23.6 Å². The van der Waals surface area contributed by atoms with Crippen LogP contribution in [0.5, 0.6) is 11.8 Å². The molecule has 0 radical (unpaired) electrons. The maximum Gasteiger partial charge on any atom is 0.317 e. The molecule has 1 N–H and O–H groups in total. The number of carbonyl (C=O) groups excluding carboxylic acids is 1. The Labute approximate surface area is 252 Å². The van der Waals surface area contributed by atoms with Gasteiger partial charge >= 0.3 is 6.01 Å². The average molecular weight is 604 g/mol. The van der Waals surface area contributed by atoms with Crippen LogP contribution in [0.1, 0.15) is 50.1 Å². The van der Waals surface area contributed by atoms with Crippen LogP contribution in [0.3, 0.4) is 0 Å². The number of aromatic hydroxyl groups is 1. The second-order valence-corrected chi connectivity index (χ2v) is 12.0. The zero-order valence-electron chi connectivity index (χ0n) is 24.2. The summed E-state index contributed by atoms with van der Waals surface area (Å²) in [5, 5.41) is 10.8. The van der Waals surface area contributed by atoms with Gasteiger partial charge in [-0.1, -0.05) is 12.6 Å². The molecule has 2 aromatic heterocycles. The average Bonchev–Trinajstić information content (AvgIpc) is 3.62. The number of nitrogens with zero attached hydrogens (tertiary/aromatic N) is 5. The Kier molecular flexibility index (Phi) is 7.15. The molecule has 1 amide bonds. The van der Waals surface area contributed by atoms with Gasteiger partial charge in [-0.3, -0.25) is 14.7 Å². The van der Waals surface area contributed by atoms with Crippen LogP contribution in [-0.2, 0) is 4.79 Å². The first-order chi connectivity index (χ1) is 21.3. The van der Waals surface area contributed by atoms with Crippen molar-refractivity contribution in [3.05, 3.63) is 66.3 Å². The molecule has 3 aliphatic heterocycles. The largest absolute Gasteiger partial charge is 0.508 e. The number of likely N-dealkylation sites (tertiary alicyclic amines) is 1. The quantitative estimate of drug-likeness (QED) is 0.276. The van der Waals surface area contributed by atoms with Crippen molar-refractivity contribution in [3.8, 4) is 23.0 Å². The molecule has 0 atom stereocenters. The van der Waals surface area contributed by atoms with Crippen LogP contribution in [-0.4, -0.2) is 74.1 Å². The molecule has 2 aromatic carbocycles. The number of piperidine rings is 1. The monoisotopic (exact) mass is 603 g/mol. The van der Waals surface area contributed by atoms with E-state index in [2.05, 4.69) is 21.4 Å². The Bertz CT molecular complexity index is 1800. The molecule has 228 valence electrons. The lowest BCUT2D eigenvalue weighted by Crippen LogP contribution is -2.43. The van der Waals surface area contributed by atoms with Crippen LogP contribution in [0.15, 0.2) is 43.1 Å². The zero-order valence-corrected chi connectivity index (χ0v) is 24.2. The molecule has 3 aliphatic rings. The van der Waals surface area contributed by atoms with Crippen molar-refractivity contribution in [1.29, 1.82) is 0 Å².